The number of nitrogens with zero attached hydrogens (tertiary/aromatic N) is 2. The van der Waals surface area contributed by atoms with Crippen molar-refractivity contribution in [2.75, 3.05) is 11.4 Å². The molecule has 0 atom stereocenters. The quantitative estimate of drug-likeness (QED) is 0.927. The zero-order valence-corrected chi connectivity index (χ0v) is 11.2. The van der Waals surface area contributed by atoms with Gasteiger partial charge < -0.3 is 10.0 Å². The molecule has 0 spiro atoms. The number of likely N-dealkylation sites (N-methyl/N-ethyl adjacent to an activating group) is 1. The number of rotatable bonds is 4. The van der Waals surface area contributed by atoms with Crippen molar-refractivity contribution < 1.29 is 9.90 Å². The highest BCUT2D eigenvalue weighted by molar-refractivity contribution is 9.10. The normalized spacial score (nSPS) is 11.5. The Bertz CT molecular complexity index is 365. The van der Waals surface area contributed by atoms with Crippen LogP contribution in [0.4, 0.5) is 5.13 Å². The Hall–Kier alpha value is -0.620. The number of carboxylic acids is 1. The Labute approximate surface area is 101 Å². The number of hydrogen-bond acceptors (Lipinski definition) is 4. The van der Waals surface area contributed by atoms with Crippen LogP contribution in [0.1, 0.15) is 20.8 Å². The lowest BCUT2D eigenvalue weighted by molar-refractivity contribution is -0.142. The molecule has 0 bridgehead atoms. The number of aliphatic carboxylic acids is 1. The van der Waals surface area contributed by atoms with Crippen LogP contribution in [0.5, 0.6) is 0 Å². The molecule has 0 amide bonds. The molecule has 1 rings (SSSR count). The number of hydrogen-bond donors (Lipinski definition) is 1. The van der Waals surface area contributed by atoms with Crippen LogP contribution >= 0.6 is 27.3 Å². The molecule has 0 aliphatic heterocycles. The van der Waals surface area contributed by atoms with Gasteiger partial charge in [0.1, 0.15) is 10.1 Å². The molecule has 0 saturated carbocycles. The summed E-state index contributed by atoms with van der Waals surface area (Å²) in [6.45, 7) is 5.88. The van der Waals surface area contributed by atoms with Gasteiger partial charge >= 0.3 is 5.97 Å². The van der Waals surface area contributed by atoms with Gasteiger partial charge in [0.2, 0.25) is 0 Å². The molecule has 0 aromatic carbocycles. The van der Waals surface area contributed by atoms with Crippen molar-refractivity contribution >= 4 is 38.4 Å². The van der Waals surface area contributed by atoms with Gasteiger partial charge in [-0.15, -0.1) is 11.3 Å². The van der Waals surface area contributed by atoms with Crippen LogP contribution in [0.15, 0.2) is 9.98 Å². The molecule has 1 aromatic heterocycles. The summed E-state index contributed by atoms with van der Waals surface area (Å²) < 4.78 is 0.738. The van der Waals surface area contributed by atoms with Crippen LogP contribution in [-0.2, 0) is 4.79 Å². The number of thiazole rings is 1. The van der Waals surface area contributed by atoms with Crippen molar-refractivity contribution in [3.63, 3.8) is 0 Å². The van der Waals surface area contributed by atoms with Gasteiger partial charge in [-0.3, -0.25) is 0 Å². The van der Waals surface area contributed by atoms with Crippen molar-refractivity contribution in [3.05, 3.63) is 9.98 Å². The molecule has 0 aliphatic carbocycles. The Morgan fingerprint density at radius 2 is 2.33 bits per heavy atom. The van der Waals surface area contributed by atoms with Gasteiger partial charge in [-0.1, -0.05) is 0 Å². The summed E-state index contributed by atoms with van der Waals surface area (Å²) in [6.07, 6.45) is 0. The van der Waals surface area contributed by atoms with Crippen LogP contribution in [0.25, 0.3) is 0 Å². The van der Waals surface area contributed by atoms with E-state index in [-0.39, 0.29) is 0 Å². The number of halogens is 1. The largest absolute Gasteiger partial charge is 0.480 e. The lowest BCUT2D eigenvalue weighted by Crippen LogP contribution is -2.50. The first-order valence-corrected chi connectivity index (χ1v) is 6.19. The minimum atomic E-state index is -0.938. The maximum atomic E-state index is 11.1. The smallest absolute Gasteiger partial charge is 0.329 e. The predicted octanol–water partition coefficient (Wildman–Crippen LogP) is 2.60. The van der Waals surface area contributed by atoms with Crippen molar-refractivity contribution in [1.82, 2.24) is 4.98 Å². The highest BCUT2D eigenvalue weighted by Crippen LogP contribution is 2.29. The van der Waals surface area contributed by atoms with Gasteiger partial charge in [0.15, 0.2) is 5.13 Å². The van der Waals surface area contributed by atoms with E-state index >= 15 is 0 Å². The topological polar surface area (TPSA) is 53.4 Å². The van der Waals surface area contributed by atoms with Crippen LogP contribution < -0.4 is 4.90 Å². The van der Waals surface area contributed by atoms with Gasteiger partial charge in [0.25, 0.3) is 0 Å². The summed E-state index contributed by atoms with van der Waals surface area (Å²) in [4.78, 5) is 17.1. The Morgan fingerprint density at radius 3 is 2.67 bits per heavy atom. The second kappa shape index (κ2) is 4.49. The molecular formula is C9H13BrN2O2S. The van der Waals surface area contributed by atoms with Gasteiger partial charge in [-0.25, -0.2) is 9.78 Å². The van der Waals surface area contributed by atoms with Crippen molar-refractivity contribution in [2.24, 2.45) is 0 Å². The van der Waals surface area contributed by atoms with Gasteiger partial charge in [0, 0.05) is 11.9 Å². The average Bonchev–Trinajstić information content (AvgIpc) is 2.52. The molecule has 84 valence electrons. The van der Waals surface area contributed by atoms with E-state index in [4.69, 9.17) is 5.11 Å². The molecule has 0 saturated heterocycles. The van der Waals surface area contributed by atoms with E-state index in [9.17, 15) is 4.79 Å². The van der Waals surface area contributed by atoms with E-state index < -0.39 is 11.5 Å². The first-order valence-electron chi connectivity index (χ1n) is 4.51. The van der Waals surface area contributed by atoms with Crippen molar-refractivity contribution in [2.45, 2.75) is 26.3 Å². The minimum absolute atomic E-state index is 0.610. The monoisotopic (exact) mass is 292 g/mol. The molecule has 0 radical (unpaired) electrons. The molecule has 6 heteroatoms. The van der Waals surface area contributed by atoms with Crippen molar-refractivity contribution in [3.8, 4) is 0 Å². The molecule has 1 aromatic rings. The van der Waals surface area contributed by atoms with E-state index in [1.165, 1.54) is 11.3 Å². The van der Waals surface area contributed by atoms with Crippen LogP contribution in [0.3, 0.4) is 0 Å². The summed E-state index contributed by atoms with van der Waals surface area (Å²) in [5.74, 6) is -0.851. The molecule has 0 unspecified atom stereocenters. The third-order valence-electron chi connectivity index (χ3n) is 2.21. The number of anilines is 1. The van der Waals surface area contributed by atoms with Gasteiger partial charge in [-0.05, 0) is 36.7 Å². The van der Waals surface area contributed by atoms with E-state index in [2.05, 4.69) is 20.9 Å². The molecule has 1 heterocycles. The summed E-state index contributed by atoms with van der Waals surface area (Å²) in [5, 5.41) is 11.7. The standard InChI is InChI=1S/C9H13BrN2O2S/c1-4-12(9(2,3)7(13)14)8-11-6(10)5-15-8/h5H,4H2,1-3H3,(H,13,14). The number of carbonyl (C=O) groups is 1. The second-order valence-corrected chi connectivity index (χ2v) is 5.21. The van der Waals surface area contributed by atoms with Gasteiger partial charge in [0.05, 0.1) is 0 Å². The lowest BCUT2D eigenvalue weighted by Gasteiger charge is -2.33. The fraction of sp³-hybridized carbons (Fsp3) is 0.556. The summed E-state index contributed by atoms with van der Waals surface area (Å²) in [6, 6.07) is 0. The third-order valence-corrected chi connectivity index (χ3v) is 3.78. The lowest BCUT2D eigenvalue weighted by atomic mass is 10.0. The zero-order chi connectivity index (χ0) is 11.6. The zero-order valence-electron chi connectivity index (χ0n) is 8.82. The molecule has 1 N–H and O–H groups in total. The van der Waals surface area contributed by atoms with Crippen LogP contribution in [0.2, 0.25) is 0 Å². The highest BCUT2D eigenvalue weighted by Gasteiger charge is 2.35. The SMILES string of the molecule is CCN(c1nc(Br)cs1)C(C)(C)C(=O)O. The van der Waals surface area contributed by atoms with Crippen LogP contribution in [0, 0.1) is 0 Å². The predicted molar refractivity (Wildman–Crippen MR) is 64.5 cm³/mol. The molecule has 0 fully saturated rings. The second-order valence-electron chi connectivity index (χ2n) is 3.56. The first-order chi connectivity index (χ1) is 6.89. The summed E-state index contributed by atoms with van der Waals surface area (Å²) in [5.41, 5.74) is -0.938. The average molecular weight is 293 g/mol. The summed E-state index contributed by atoms with van der Waals surface area (Å²) in [7, 11) is 0. The minimum Gasteiger partial charge on any atom is -0.480 e. The Balaban J connectivity index is 3.04. The third kappa shape index (κ3) is 2.49. The maximum Gasteiger partial charge on any atom is 0.329 e. The summed E-state index contributed by atoms with van der Waals surface area (Å²) >= 11 is 4.69. The fourth-order valence-corrected chi connectivity index (χ4v) is 2.71. The number of carboxylic acid groups (broad SMARTS) is 1. The number of aromatic nitrogens is 1. The van der Waals surface area contributed by atoms with Gasteiger partial charge in [-0.2, -0.15) is 0 Å². The molecule has 4 nitrogen and oxygen atoms in total. The Morgan fingerprint density at radius 1 is 1.73 bits per heavy atom. The molecular weight excluding hydrogens is 280 g/mol. The van der Waals surface area contributed by atoms with E-state index in [1.807, 2.05) is 12.3 Å². The fourth-order valence-electron chi connectivity index (χ4n) is 1.25. The van der Waals surface area contributed by atoms with Crippen LogP contribution in [-0.4, -0.2) is 28.1 Å². The van der Waals surface area contributed by atoms with Crippen molar-refractivity contribution in [1.29, 1.82) is 0 Å². The van der Waals surface area contributed by atoms with E-state index in [1.54, 1.807) is 18.7 Å². The molecule has 15 heavy (non-hydrogen) atoms. The Kier molecular flexibility index (Phi) is 3.72. The van der Waals surface area contributed by atoms with E-state index in [0.717, 1.165) is 9.73 Å². The van der Waals surface area contributed by atoms with E-state index in [0.29, 0.717) is 6.54 Å². The first kappa shape index (κ1) is 12.4. The maximum absolute atomic E-state index is 11.1. The highest BCUT2D eigenvalue weighted by atomic mass is 79.9. The molecule has 0 aliphatic rings.